The summed E-state index contributed by atoms with van der Waals surface area (Å²) >= 11 is 6.19. The van der Waals surface area contributed by atoms with E-state index < -0.39 is 0 Å². The number of hydrogen-bond acceptors (Lipinski definition) is 4. The number of nitrogens with zero attached hydrogens (tertiary/aromatic N) is 2. The van der Waals surface area contributed by atoms with E-state index in [-0.39, 0.29) is 11.5 Å². The molecule has 0 bridgehead atoms. The van der Waals surface area contributed by atoms with E-state index >= 15 is 0 Å². The highest BCUT2D eigenvalue weighted by Crippen LogP contribution is 2.26. The topological polar surface area (TPSA) is 47.0 Å². The zero-order valence-corrected chi connectivity index (χ0v) is 13.4. The molecule has 108 valence electrons. The molecule has 1 rings (SSSR count). The van der Waals surface area contributed by atoms with Crippen molar-refractivity contribution in [3.63, 3.8) is 0 Å². The second-order valence-corrected chi connectivity index (χ2v) is 6.12. The summed E-state index contributed by atoms with van der Waals surface area (Å²) in [7, 11) is 0. The predicted molar refractivity (Wildman–Crippen MR) is 80.1 cm³/mol. The summed E-state index contributed by atoms with van der Waals surface area (Å²) in [4.78, 5) is 8.95. The van der Waals surface area contributed by atoms with Crippen molar-refractivity contribution in [1.29, 1.82) is 0 Å². The Labute approximate surface area is 120 Å². The summed E-state index contributed by atoms with van der Waals surface area (Å²) in [6.45, 7) is 13.5. The van der Waals surface area contributed by atoms with Gasteiger partial charge in [-0.3, -0.25) is 0 Å². The summed E-state index contributed by atoms with van der Waals surface area (Å²) in [6, 6.07) is 0.178. The summed E-state index contributed by atoms with van der Waals surface area (Å²) in [5.74, 6) is 1.53. The average molecular weight is 286 g/mol. The Bertz CT molecular complexity index is 429. The van der Waals surface area contributed by atoms with Crippen molar-refractivity contribution in [2.24, 2.45) is 0 Å². The largest absolute Gasteiger partial charge is 0.380 e. The Balaban J connectivity index is 2.96. The van der Waals surface area contributed by atoms with E-state index in [9.17, 15) is 0 Å². The van der Waals surface area contributed by atoms with Gasteiger partial charge in [0.15, 0.2) is 0 Å². The smallest absolute Gasteiger partial charge is 0.137 e. The van der Waals surface area contributed by atoms with E-state index in [0.717, 1.165) is 17.2 Å². The second-order valence-electron chi connectivity index (χ2n) is 5.77. The van der Waals surface area contributed by atoms with Gasteiger partial charge in [-0.25, -0.2) is 9.97 Å². The van der Waals surface area contributed by atoms with Gasteiger partial charge in [0.1, 0.15) is 16.8 Å². The highest BCUT2D eigenvalue weighted by molar-refractivity contribution is 6.30. The first-order valence-corrected chi connectivity index (χ1v) is 7.02. The van der Waals surface area contributed by atoms with Crippen molar-refractivity contribution in [2.45, 2.75) is 53.0 Å². The lowest BCUT2D eigenvalue weighted by molar-refractivity contribution is 0.141. The number of aromatic nitrogens is 2. The van der Waals surface area contributed by atoms with Gasteiger partial charge in [-0.2, -0.15) is 0 Å². The fraction of sp³-hybridized carbons (Fsp3) is 0.714. The highest BCUT2D eigenvalue weighted by Gasteiger charge is 2.21. The maximum atomic E-state index is 6.19. The van der Waals surface area contributed by atoms with Crippen LogP contribution < -0.4 is 5.32 Å². The fourth-order valence-electron chi connectivity index (χ4n) is 1.53. The molecule has 0 aliphatic heterocycles. The van der Waals surface area contributed by atoms with Crippen molar-refractivity contribution in [1.82, 2.24) is 9.97 Å². The van der Waals surface area contributed by atoms with E-state index in [2.05, 4.69) is 43.0 Å². The molecule has 19 heavy (non-hydrogen) atoms. The van der Waals surface area contributed by atoms with Gasteiger partial charge in [0.25, 0.3) is 0 Å². The zero-order chi connectivity index (χ0) is 14.6. The van der Waals surface area contributed by atoms with Crippen LogP contribution in [0.3, 0.4) is 0 Å². The molecule has 0 saturated heterocycles. The Morgan fingerprint density at radius 2 is 1.95 bits per heavy atom. The zero-order valence-electron chi connectivity index (χ0n) is 12.7. The number of nitrogens with one attached hydrogen (secondary N) is 1. The first kappa shape index (κ1) is 16.2. The SMILES string of the molecule is CCOCC(C)Nc1nc(C(C)(C)C)nc(Cl)c1C. The predicted octanol–water partition coefficient (Wildman–Crippen LogP) is 3.57. The molecular weight excluding hydrogens is 262 g/mol. The molecule has 0 aliphatic carbocycles. The van der Waals surface area contributed by atoms with Gasteiger partial charge in [0, 0.05) is 23.6 Å². The average Bonchev–Trinajstić information content (AvgIpc) is 2.30. The number of anilines is 1. The van der Waals surface area contributed by atoms with Crippen molar-refractivity contribution in [3.8, 4) is 0 Å². The molecule has 0 aromatic carbocycles. The second kappa shape index (κ2) is 6.53. The molecule has 1 N–H and O–H groups in total. The maximum absolute atomic E-state index is 6.19. The van der Waals surface area contributed by atoms with Gasteiger partial charge < -0.3 is 10.1 Å². The maximum Gasteiger partial charge on any atom is 0.137 e. The third-order valence-electron chi connectivity index (χ3n) is 2.71. The minimum Gasteiger partial charge on any atom is -0.380 e. The Kier molecular flexibility index (Phi) is 5.56. The first-order valence-electron chi connectivity index (χ1n) is 6.64. The molecule has 0 spiro atoms. The van der Waals surface area contributed by atoms with Crippen LogP contribution >= 0.6 is 11.6 Å². The first-order chi connectivity index (χ1) is 8.75. The Morgan fingerprint density at radius 3 is 2.47 bits per heavy atom. The molecule has 1 heterocycles. The molecule has 1 atom stereocenters. The minimum atomic E-state index is -0.128. The molecule has 0 amide bonds. The summed E-state index contributed by atoms with van der Waals surface area (Å²) in [6.07, 6.45) is 0. The molecule has 1 aromatic heterocycles. The summed E-state index contributed by atoms with van der Waals surface area (Å²) < 4.78 is 5.40. The van der Waals surface area contributed by atoms with Crippen LogP contribution in [-0.2, 0) is 10.2 Å². The third kappa shape index (κ3) is 4.62. The van der Waals surface area contributed by atoms with Crippen LogP contribution in [0.1, 0.15) is 46.0 Å². The molecule has 0 fully saturated rings. The molecule has 5 heteroatoms. The molecule has 0 aliphatic rings. The van der Waals surface area contributed by atoms with E-state index in [1.807, 2.05) is 13.8 Å². The van der Waals surface area contributed by atoms with Gasteiger partial charge in [0.05, 0.1) is 6.61 Å². The lowest BCUT2D eigenvalue weighted by Gasteiger charge is -2.21. The molecule has 0 radical (unpaired) electrons. The Morgan fingerprint density at radius 1 is 1.32 bits per heavy atom. The molecule has 1 aromatic rings. The van der Waals surface area contributed by atoms with Crippen LogP contribution in [-0.4, -0.2) is 29.2 Å². The van der Waals surface area contributed by atoms with Gasteiger partial charge in [0.2, 0.25) is 0 Å². The van der Waals surface area contributed by atoms with Gasteiger partial charge in [-0.05, 0) is 20.8 Å². The normalized spacial score (nSPS) is 13.4. The van der Waals surface area contributed by atoms with Crippen LogP contribution in [0.4, 0.5) is 5.82 Å². The number of rotatable bonds is 5. The van der Waals surface area contributed by atoms with Crippen LogP contribution in [0.5, 0.6) is 0 Å². The lowest BCUT2D eigenvalue weighted by atomic mass is 9.95. The van der Waals surface area contributed by atoms with Crippen molar-refractivity contribution >= 4 is 17.4 Å². The van der Waals surface area contributed by atoms with Crippen molar-refractivity contribution < 1.29 is 4.74 Å². The van der Waals surface area contributed by atoms with Crippen molar-refractivity contribution in [2.75, 3.05) is 18.5 Å². The fourth-order valence-corrected chi connectivity index (χ4v) is 1.70. The quantitative estimate of drug-likeness (QED) is 0.840. The van der Waals surface area contributed by atoms with Gasteiger partial charge >= 0.3 is 0 Å². The van der Waals surface area contributed by atoms with Crippen molar-refractivity contribution in [3.05, 3.63) is 16.5 Å². The van der Waals surface area contributed by atoms with Crippen LogP contribution in [0.2, 0.25) is 5.15 Å². The highest BCUT2D eigenvalue weighted by atomic mass is 35.5. The van der Waals surface area contributed by atoms with E-state index in [0.29, 0.717) is 18.4 Å². The molecule has 0 saturated carbocycles. The van der Waals surface area contributed by atoms with Gasteiger partial charge in [-0.1, -0.05) is 32.4 Å². The molecule has 4 nitrogen and oxygen atoms in total. The third-order valence-corrected chi connectivity index (χ3v) is 3.08. The number of halogens is 1. The molecule has 1 unspecified atom stereocenters. The van der Waals surface area contributed by atoms with E-state index in [1.165, 1.54) is 0 Å². The molecular formula is C14H24ClN3O. The lowest BCUT2D eigenvalue weighted by Crippen LogP contribution is -2.25. The number of ether oxygens (including phenoxy) is 1. The van der Waals surface area contributed by atoms with Crippen LogP contribution in [0.25, 0.3) is 0 Å². The summed E-state index contributed by atoms with van der Waals surface area (Å²) in [5, 5.41) is 3.84. The monoisotopic (exact) mass is 285 g/mol. The van der Waals surface area contributed by atoms with Crippen LogP contribution in [0, 0.1) is 6.92 Å². The van der Waals surface area contributed by atoms with E-state index in [1.54, 1.807) is 0 Å². The standard InChI is InChI=1S/C14H24ClN3O/c1-7-19-8-9(2)16-12-10(3)11(15)17-13(18-12)14(4,5)6/h9H,7-8H2,1-6H3,(H,16,17,18). The van der Waals surface area contributed by atoms with Crippen LogP contribution in [0.15, 0.2) is 0 Å². The number of hydrogen-bond donors (Lipinski definition) is 1. The summed E-state index contributed by atoms with van der Waals surface area (Å²) in [5.41, 5.74) is 0.745. The Hall–Kier alpha value is -0.870. The van der Waals surface area contributed by atoms with Gasteiger partial charge in [-0.15, -0.1) is 0 Å². The minimum absolute atomic E-state index is 0.128. The van der Waals surface area contributed by atoms with E-state index in [4.69, 9.17) is 16.3 Å².